The van der Waals surface area contributed by atoms with Crippen molar-refractivity contribution in [1.82, 2.24) is 4.98 Å². The monoisotopic (exact) mass is 177 g/mol. The van der Waals surface area contributed by atoms with Gasteiger partial charge >= 0.3 is 0 Å². The van der Waals surface area contributed by atoms with Crippen molar-refractivity contribution in [3.8, 4) is 0 Å². The summed E-state index contributed by atoms with van der Waals surface area (Å²) in [5.74, 6) is 1.20. The minimum atomic E-state index is 0.0856. The molecular weight excluding hydrogens is 162 g/mol. The fourth-order valence-electron chi connectivity index (χ4n) is 1.76. The van der Waals surface area contributed by atoms with Gasteiger partial charge in [-0.1, -0.05) is 12.5 Å². The van der Waals surface area contributed by atoms with E-state index in [9.17, 15) is 0 Å². The molecule has 0 bridgehead atoms. The van der Waals surface area contributed by atoms with Crippen LogP contribution in [0.2, 0.25) is 0 Å². The van der Waals surface area contributed by atoms with Gasteiger partial charge in [0.05, 0.1) is 0 Å². The summed E-state index contributed by atoms with van der Waals surface area (Å²) in [4.78, 5) is 4.04. The number of aromatic nitrogens is 1. The molecule has 1 atom stereocenters. The van der Waals surface area contributed by atoms with E-state index < -0.39 is 0 Å². The zero-order valence-corrected chi connectivity index (χ0v) is 7.61. The number of nitrogen functional groups attached to an aromatic ring is 1. The lowest BCUT2D eigenvalue weighted by Gasteiger charge is -2.31. The van der Waals surface area contributed by atoms with Crippen molar-refractivity contribution in [1.29, 1.82) is 0 Å². The Balaban J connectivity index is 2.18. The van der Waals surface area contributed by atoms with E-state index >= 15 is 0 Å². The number of nitrogens with zero attached hydrogens (tertiary/aromatic N) is 1. The molecule has 0 radical (unpaired) electrons. The molecule has 1 aromatic heterocycles. The molecule has 0 aliphatic heterocycles. The van der Waals surface area contributed by atoms with E-state index in [1.807, 2.05) is 12.1 Å². The summed E-state index contributed by atoms with van der Waals surface area (Å²) in [7, 11) is 0. The second-order valence-corrected chi connectivity index (χ2v) is 3.69. The van der Waals surface area contributed by atoms with Crippen LogP contribution in [0.4, 0.5) is 5.82 Å². The molecule has 1 aliphatic rings. The second-order valence-electron chi connectivity index (χ2n) is 3.69. The van der Waals surface area contributed by atoms with Crippen molar-refractivity contribution in [3.05, 3.63) is 23.9 Å². The van der Waals surface area contributed by atoms with E-state index in [4.69, 9.17) is 11.5 Å². The zero-order chi connectivity index (χ0) is 9.26. The van der Waals surface area contributed by atoms with Crippen LogP contribution < -0.4 is 11.5 Å². The highest BCUT2D eigenvalue weighted by Crippen LogP contribution is 2.37. The Morgan fingerprint density at radius 3 is 2.77 bits per heavy atom. The molecule has 0 amide bonds. The highest BCUT2D eigenvalue weighted by Gasteiger charge is 2.26. The van der Waals surface area contributed by atoms with Gasteiger partial charge < -0.3 is 11.5 Å². The molecule has 3 heteroatoms. The molecule has 0 saturated heterocycles. The van der Waals surface area contributed by atoms with Crippen LogP contribution >= 0.6 is 0 Å². The number of hydrogen-bond donors (Lipinski definition) is 2. The van der Waals surface area contributed by atoms with Gasteiger partial charge in [0, 0.05) is 17.8 Å². The lowest BCUT2D eigenvalue weighted by atomic mass is 9.78. The van der Waals surface area contributed by atoms with Crippen molar-refractivity contribution in [2.45, 2.75) is 25.3 Å². The lowest BCUT2D eigenvalue weighted by Crippen LogP contribution is -2.27. The van der Waals surface area contributed by atoms with Crippen LogP contribution in [0.1, 0.15) is 30.9 Å². The third kappa shape index (κ3) is 1.52. The minimum absolute atomic E-state index is 0.0856. The van der Waals surface area contributed by atoms with Crippen LogP contribution in [0.5, 0.6) is 0 Å². The van der Waals surface area contributed by atoms with E-state index in [-0.39, 0.29) is 6.04 Å². The Labute approximate surface area is 78.1 Å². The molecule has 3 nitrogen and oxygen atoms in total. The quantitative estimate of drug-likeness (QED) is 0.718. The summed E-state index contributed by atoms with van der Waals surface area (Å²) >= 11 is 0. The number of pyridine rings is 1. The summed E-state index contributed by atoms with van der Waals surface area (Å²) in [5.41, 5.74) is 12.8. The summed E-state index contributed by atoms with van der Waals surface area (Å²) < 4.78 is 0. The van der Waals surface area contributed by atoms with Crippen LogP contribution in [0.15, 0.2) is 18.3 Å². The second kappa shape index (κ2) is 3.34. The maximum Gasteiger partial charge on any atom is 0.128 e. The number of nitrogens with two attached hydrogens (primary N) is 2. The van der Waals surface area contributed by atoms with Gasteiger partial charge in [0.25, 0.3) is 0 Å². The van der Waals surface area contributed by atoms with Gasteiger partial charge in [-0.2, -0.15) is 0 Å². The normalized spacial score (nSPS) is 19.5. The predicted molar refractivity (Wildman–Crippen MR) is 52.9 cm³/mol. The maximum atomic E-state index is 6.08. The highest BCUT2D eigenvalue weighted by atomic mass is 14.8. The standard InChI is InChI=1S/C10H15N3/c11-9(7-3-1-4-7)8-5-2-6-13-10(8)12/h2,5-7,9H,1,3-4,11H2,(H2,12,13). The van der Waals surface area contributed by atoms with Crippen molar-refractivity contribution in [3.63, 3.8) is 0 Å². The Morgan fingerprint density at radius 2 is 2.23 bits per heavy atom. The number of anilines is 1. The first-order valence-corrected chi connectivity index (χ1v) is 4.75. The molecule has 70 valence electrons. The largest absolute Gasteiger partial charge is 0.383 e. The first-order chi connectivity index (χ1) is 6.29. The van der Waals surface area contributed by atoms with Crippen LogP contribution in [-0.4, -0.2) is 4.98 Å². The van der Waals surface area contributed by atoms with Gasteiger partial charge in [-0.3, -0.25) is 0 Å². The molecule has 1 aromatic rings. The van der Waals surface area contributed by atoms with Crippen molar-refractivity contribution < 1.29 is 0 Å². The summed E-state index contributed by atoms with van der Waals surface area (Å²) in [5, 5.41) is 0. The molecule has 0 spiro atoms. The average molecular weight is 177 g/mol. The fourth-order valence-corrected chi connectivity index (χ4v) is 1.76. The third-order valence-corrected chi connectivity index (χ3v) is 2.89. The Bertz CT molecular complexity index is 294. The Kier molecular flexibility index (Phi) is 2.19. The molecule has 1 fully saturated rings. The first kappa shape index (κ1) is 8.51. The molecular formula is C10H15N3. The summed E-state index contributed by atoms with van der Waals surface area (Å²) in [6.45, 7) is 0. The topological polar surface area (TPSA) is 64.9 Å². The van der Waals surface area contributed by atoms with E-state index in [1.54, 1.807) is 6.20 Å². The third-order valence-electron chi connectivity index (χ3n) is 2.89. The first-order valence-electron chi connectivity index (χ1n) is 4.75. The van der Waals surface area contributed by atoms with E-state index in [0.717, 1.165) is 5.56 Å². The van der Waals surface area contributed by atoms with Gasteiger partial charge in [-0.25, -0.2) is 4.98 Å². The van der Waals surface area contributed by atoms with Crippen LogP contribution in [0, 0.1) is 5.92 Å². The molecule has 2 rings (SSSR count). The fraction of sp³-hybridized carbons (Fsp3) is 0.500. The van der Waals surface area contributed by atoms with Gasteiger partial charge in [0.2, 0.25) is 0 Å². The predicted octanol–water partition coefficient (Wildman–Crippen LogP) is 1.46. The van der Waals surface area contributed by atoms with Gasteiger partial charge in [-0.05, 0) is 24.8 Å². The molecule has 1 saturated carbocycles. The average Bonchev–Trinajstić information content (AvgIpc) is 2.01. The maximum absolute atomic E-state index is 6.08. The summed E-state index contributed by atoms with van der Waals surface area (Å²) in [6, 6.07) is 3.96. The lowest BCUT2D eigenvalue weighted by molar-refractivity contribution is 0.264. The smallest absolute Gasteiger partial charge is 0.128 e. The minimum Gasteiger partial charge on any atom is -0.383 e. The van der Waals surface area contributed by atoms with Crippen LogP contribution in [0.25, 0.3) is 0 Å². The molecule has 1 aliphatic carbocycles. The van der Waals surface area contributed by atoms with Crippen LogP contribution in [0.3, 0.4) is 0 Å². The van der Waals surface area contributed by atoms with Crippen molar-refractivity contribution in [2.24, 2.45) is 11.7 Å². The highest BCUT2D eigenvalue weighted by molar-refractivity contribution is 5.41. The number of hydrogen-bond acceptors (Lipinski definition) is 3. The van der Waals surface area contributed by atoms with E-state index in [0.29, 0.717) is 11.7 Å². The molecule has 1 heterocycles. The summed E-state index contributed by atoms with van der Waals surface area (Å²) in [6.07, 6.45) is 5.47. The SMILES string of the molecule is Nc1ncccc1C(N)C1CCC1. The molecule has 0 aromatic carbocycles. The van der Waals surface area contributed by atoms with Crippen molar-refractivity contribution >= 4 is 5.82 Å². The van der Waals surface area contributed by atoms with E-state index in [1.165, 1.54) is 19.3 Å². The van der Waals surface area contributed by atoms with Gasteiger partial charge in [-0.15, -0.1) is 0 Å². The molecule has 13 heavy (non-hydrogen) atoms. The number of rotatable bonds is 2. The zero-order valence-electron chi connectivity index (χ0n) is 7.61. The van der Waals surface area contributed by atoms with Crippen LogP contribution in [-0.2, 0) is 0 Å². The van der Waals surface area contributed by atoms with Gasteiger partial charge in [0.1, 0.15) is 5.82 Å². The van der Waals surface area contributed by atoms with Gasteiger partial charge in [0.15, 0.2) is 0 Å². The van der Waals surface area contributed by atoms with Crippen molar-refractivity contribution in [2.75, 3.05) is 5.73 Å². The Hall–Kier alpha value is -1.09. The van der Waals surface area contributed by atoms with E-state index in [2.05, 4.69) is 4.98 Å². The molecule has 1 unspecified atom stereocenters. The Morgan fingerprint density at radius 1 is 1.46 bits per heavy atom. The molecule has 4 N–H and O–H groups in total.